The van der Waals surface area contributed by atoms with E-state index in [0.29, 0.717) is 19.5 Å². The highest BCUT2D eigenvalue weighted by atomic mass is 16.3. The average molecular weight is 340 g/mol. The van der Waals surface area contributed by atoms with E-state index < -0.39 is 6.10 Å². The normalized spacial score (nSPS) is 18.8. The monoisotopic (exact) mass is 340 g/mol. The topological polar surface area (TPSA) is 46.9 Å². The Hall–Kier alpha value is -1.72. The Bertz CT molecular complexity index is 612. The molecule has 134 valence electrons. The van der Waals surface area contributed by atoms with Crippen LogP contribution in [0.5, 0.6) is 0 Å². The number of β-amino-alcohol motifs (C(OH)–C–C–N with tert-alkyl or cyclic N) is 2. The van der Waals surface area contributed by atoms with E-state index in [1.807, 2.05) is 48.5 Å². The lowest BCUT2D eigenvalue weighted by molar-refractivity contribution is 0.0486. The van der Waals surface area contributed by atoms with Crippen molar-refractivity contribution >= 4 is 0 Å². The van der Waals surface area contributed by atoms with Gasteiger partial charge in [0.05, 0.1) is 12.2 Å². The molecule has 1 fully saturated rings. The van der Waals surface area contributed by atoms with Gasteiger partial charge in [-0.25, -0.2) is 0 Å². The van der Waals surface area contributed by atoms with Gasteiger partial charge in [-0.15, -0.1) is 0 Å². The minimum absolute atomic E-state index is 0.330. The minimum Gasteiger partial charge on any atom is -0.391 e. The Labute approximate surface area is 150 Å². The summed E-state index contributed by atoms with van der Waals surface area (Å²) < 4.78 is 0. The standard InChI is InChI=1S/C21H28N2O2/c24-20(15-18-7-3-1-4-8-18)16-22-11-13-23(14-12-22)17-21(25)19-9-5-2-6-10-19/h1-10,20-21,24-25H,11-17H2/t20-,21?/m1/s1. The summed E-state index contributed by atoms with van der Waals surface area (Å²) in [6, 6.07) is 20.0. The molecule has 1 saturated heterocycles. The van der Waals surface area contributed by atoms with E-state index in [9.17, 15) is 10.2 Å². The van der Waals surface area contributed by atoms with Crippen LogP contribution < -0.4 is 0 Å². The van der Waals surface area contributed by atoms with Crippen LogP contribution in [-0.4, -0.2) is 65.4 Å². The van der Waals surface area contributed by atoms with Crippen LogP contribution in [-0.2, 0) is 6.42 Å². The van der Waals surface area contributed by atoms with Gasteiger partial charge >= 0.3 is 0 Å². The predicted molar refractivity (Wildman–Crippen MR) is 100 cm³/mol. The van der Waals surface area contributed by atoms with Crippen molar-refractivity contribution in [1.29, 1.82) is 0 Å². The van der Waals surface area contributed by atoms with Gasteiger partial charge in [-0.1, -0.05) is 60.7 Å². The van der Waals surface area contributed by atoms with E-state index in [1.54, 1.807) is 0 Å². The summed E-state index contributed by atoms with van der Waals surface area (Å²) in [6.45, 7) is 5.12. The number of hydrogen-bond donors (Lipinski definition) is 2. The highest BCUT2D eigenvalue weighted by molar-refractivity contribution is 5.17. The van der Waals surface area contributed by atoms with Crippen molar-refractivity contribution in [2.45, 2.75) is 18.6 Å². The summed E-state index contributed by atoms with van der Waals surface area (Å²) in [4.78, 5) is 4.62. The Morgan fingerprint density at radius 2 is 1.24 bits per heavy atom. The summed E-state index contributed by atoms with van der Waals surface area (Å²) >= 11 is 0. The van der Waals surface area contributed by atoms with Crippen molar-refractivity contribution < 1.29 is 10.2 Å². The van der Waals surface area contributed by atoms with E-state index in [0.717, 1.165) is 31.7 Å². The van der Waals surface area contributed by atoms with Gasteiger partial charge in [-0.3, -0.25) is 9.80 Å². The molecule has 4 heteroatoms. The minimum atomic E-state index is -0.434. The zero-order valence-corrected chi connectivity index (χ0v) is 14.7. The quantitative estimate of drug-likeness (QED) is 0.809. The highest BCUT2D eigenvalue weighted by Crippen LogP contribution is 2.15. The second kappa shape index (κ2) is 9.11. The number of hydrogen-bond acceptors (Lipinski definition) is 4. The molecule has 0 aliphatic carbocycles. The number of nitrogens with zero attached hydrogens (tertiary/aromatic N) is 2. The molecule has 1 aliphatic rings. The lowest BCUT2D eigenvalue weighted by Gasteiger charge is -2.36. The number of aliphatic hydroxyl groups is 2. The smallest absolute Gasteiger partial charge is 0.0916 e. The molecule has 1 aliphatic heterocycles. The Morgan fingerprint density at radius 3 is 1.84 bits per heavy atom. The van der Waals surface area contributed by atoms with Crippen molar-refractivity contribution in [2.24, 2.45) is 0 Å². The van der Waals surface area contributed by atoms with Gasteiger partial charge in [-0.2, -0.15) is 0 Å². The molecule has 0 radical (unpaired) electrons. The molecular weight excluding hydrogens is 312 g/mol. The van der Waals surface area contributed by atoms with Crippen molar-refractivity contribution in [3.8, 4) is 0 Å². The summed E-state index contributed by atoms with van der Waals surface area (Å²) in [6.07, 6.45) is -0.0615. The zero-order valence-electron chi connectivity index (χ0n) is 14.7. The molecule has 0 spiro atoms. The van der Waals surface area contributed by atoms with Crippen LogP contribution in [0, 0.1) is 0 Å². The van der Waals surface area contributed by atoms with Crippen molar-refractivity contribution in [3.63, 3.8) is 0 Å². The second-order valence-electron chi connectivity index (χ2n) is 6.87. The molecule has 1 heterocycles. The number of aliphatic hydroxyl groups excluding tert-OH is 2. The maximum absolute atomic E-state index is 10.4. The van der Waals surface area contributed by atoms with Crippen LogP contribution in [0.25, 0.3) is 0 Å². The van der Waals surface area contributed by atoms with E-state index in [4.69, 9.17) is 0 Å². The van der Waals surface area contributed by atoms with E-state index in [2.05, 4.69) is 21.9 Å². The molecule has 1 unspecified atom stereocenters. The Balaban J connectivity index is 1.40. The van der Waals surface area contributed by atoms with Gasteiger partial charge < -0.3 is 10.2 Å². The van der Waals surface area contributed by atoms with Crippen LogP contribution in [0.15, 0.2) is 60.7 Å². The molecule has 0 saturated carbocycles. The van der Waals surface area contributed by atoms with E-state index in [1.165, 1.54) is 5.56 Å². The third kappa shape index (κ3) is 5.65. The molecule has 2 aromatic rings. The Morgan fingerprint density at radius 1 is 0.720 bits per heavy atom. The zero-order chi connectivity index (χ0) is 17.5. The Kier molecular flexibility index (Phi) is 6.59. The van der Waals surface area contributed by atoms with E-state index >= 15 is 0 Å². The van der Waals surface area contributed by atoms with Crippen LogP contribution in [0.2, 0.25) is 0 Å². The van der Waals surface area contributed by atoms with Gasteiger partial charge in [0.1, 0.15) is 0 Å². The molecule has 3 rings (SSSR count). The first-order chi connectivity index (χ1) is 12.2. The molecule has 0 aromatic heterocycles. The molecule has 2 atom stereocenters. The third-order valence-electron chi connectivity index (χ3n) is 4.86. The summed E-state index contributed by atoms with van der Waals surface area (Å²) in [5.41, 5.74) is 2.16. The number of piperazine rings is 1. The van der Waals surface area contributed by atoms with Crippen molar-refractivity contribution in [1.82, 2.24) is 9.80 Å². The van der Waals surface area contributed by atoms with Crippen LogP contribution >= 0.6 is 0 Å². The number of benzene rings is 2. The lowest BCUT2D eigenvalue weighted by Crippen LogP contribution is -2.49. The van der Waals surface area contributed by atoms with E-state index in [-0.39, 0.29) is 6.10 Å². The largest absolute Gasteiger partial charge is 0.391 e. The van der Waals surface area contributed by atoms with Gasteiger partial charge in [0.15, 0.2) is 0 Å². The first kappa shape index (κ1) is 18.1. The average Bonchev–Trinajstić information content (AvgIpc) is 2.65. The summed E-state index contributed by atoms with van der Waals surface area (Å²) in [5, 5.41) is 20.7. The first-order valence-electron chi connectivity index (χ1n) is 9.10. The van der Waals surface area contributed by atoms with Crippen LogP contribution in [0.4, 0.5) is 0 Å². The third-order valence-corrected chi connectivity index (χ3v) is 4.86. The molecule has 2 N–H and O–H groups in total. The maximum atomic E-state index is 10.4. The molecule has 0 amide bonds. The van der Waals surface area contributed by atoms with Gasteiger partial charge in [0.25, 0.3) is 0 Å². The molecule has 0 bridgehead atoms. The summed E-state index contributed by atoms with van der Waals surface area (Å²) in [7, 11) is 0. The molecule has 4 nitrogen and oxygen atoms in total. The van der Waals surface area contributed by atoms with Crippen molar-refractivity contribution in [2.75, 3.05) is 39.3 Å². The molecular formula is C21H28N2O2. The van der Waals surface area contributed by atoms with Crippen molar-refractivity contribution in [3.05, 3.63) is 71.8 Å². The number of rotatable bonds is 7. The fourth-order valence-corrected chi connectivity index (χ4v) is 3.43. The SMILES string of the molecule is OC(CN1CCN(C[C@H](O)Cc2ccccc2)CC1)c1ccccc1. The lowest BCUT2D eigenvalue weighted by atomic mass is 10.1. The van der Waals surface area contributed by atoms with Crippen LogP contribution in [0.3, 0.4) is 0 Å². The fraction of sp³-hybridized carbons (Fsp3) is 0.429. The fourth-order valence-electron chi connectivity index (χ4n) is 3.43. The maximum Gasteiger partial charge on any atom is 0.0916 e. The van der Waals surface area contributed by atoms with Gasteiger partial charge in [0.2, 0.25) is 0 Å². The van der Waals surface area contributed by atoms with Gasteiger partial charge in [-0.05, 0) is 17.5 Å². The molecule has 2 aromatic carbocycles. The van der Waals surface area contributed by atoms with Gasteiger partial charge in [0, 0.05) is 39.3 Å². The molecule has 25 heavy (non-hydrogen) atoms. The summed E-state index contributed by atoms with van der Waals surface area (Å²) in [5.74, 6) is 0. The van der Waals surface area contributed by atoms with Crippen LogP contribution in [0.1, 0.15) is 17.2 Å². The predicted octanol–water partition coefficient (Wildman–Crippen LogP) is 1.94. The second-order valence-corrected chi connectivity index (χ2v) is 6.87. The first-order valence-corrected chi connectivity index (χ1v) is 9.10. The highest BCUT2D eigenvalue weighted by Gasteiger charge is 2.21.